The second-order valence-electron chi connectivity index (χ2n) is 4.78. The fraction of sp³-hybridized carbons (Fsp3) is 0.294. The highest BCUT2D eigenvalue weighted by Gasteiger charge is 2.06. The molecule has 0 aliphatic rings. The largest absolute Gasteiger partial charge is 0.497 e. The van der Waals surface area contributed by atoms with Crippen molar-refractivity contribution in [2.45, 2.75) is 13.1 Å². The van der Waals surface area contributed by atoms with Gasteiger partial charge in [-0.3, -0.25) is 9.98 Å². The van der Waals surface area contributed by atoms with Gasteiger partial charge in [-0.25, -0.2) is 0 Å². The van der Waals surface area contributed by atoms with Crippen molar-refractivity contribution in [3.05, 3.63) is 53.9 Å². The van der Waals surface area contributed by atoms with Crippen molar-refractivity contribution in [3.8, 4) is 11.5 Å². The summed E-state index contributed by atoms with van der Waals surface area (Å²) in [6, 6.07) is 11.6. The van der Waals surface area contributed by atoms with E-state index in [1.54, 1.807) is 27.5 Å². The number of hydrogen-bond acceptors (Lipinski definition) is 4. The number of pyridine rings is 1. The molecular weight excluding hydrogens is 419 g/mol. The van der Waals surface area contributed by atoms with E-state index in [9.17, 15) is 0 Å². The molecule has 0 bridgehead atoms. The molecule has 2 N–H and O–H groups in total. The van der Waals surface area contributed by atoms with Crippen LogP contribution in [0.15, 0.2) is 47.6 Å². The zero-order valence-corrected chi connectivity index (χ0v) is 16.4. The van der Waals surface area contributed by atoms with Crippen LogP contribution < -0.4 is 20.1 Å². The number of hydrogen-bond donors (Lipinski definition) is 2. The first-order valence-electron chi connectivity index (χ1n) is 7.32. The van der Waals surface area contributed by atoms with E-state index in [0.29, 0.717) is 19.0 Å². The molecule has 0 aliphatic heterocycles. The zero-order chi connectivity index (χ0) is 16.5. The lowest BCUT2D eigenvalue weighted by Crippen LogP contribution is -2.36. The number of halogens is 1. The number of nitrogens with one attached hydrogen (secondary N) is 2. The van der Waals surface area contributed by atoms with Gasteiger partial charge in [0.05, 0.1) is 26.5 Å². The Morgan fingerprint density at radius 3 is 2.50 bits per heavy atom. The lowest BCUT2D eigenvalue weighted by atomic mass is 10.2. The van der Waals surface area contributed by atoms with E-state index in [2.05, 4.69) is 20.6 Å². The summed E-state index contributed by atoms with van der Waals surface area (Å²) in [5.74, 6) is 2.24. The highest BCUT2D eigenvalue weighted by Crippen LogP contribution is 2.24. The van der Waals surface area contributed by atoms with Gasteiger partial charge in [0.25, 0.3) is 0 Å². The van der Waals surface area contributed by atoms with Crippen molar-refractivity contribution >= 4 is 29.9 Å². The molecule has 0 fully saturated rings. The summed E-state index contributed by atoms with van der Waals surface area (Å²) in [6.45, 7) is 1.20. The van der Waals surface area contributed by atoms with Gasteiger partial charge >= 0.3 is 0 Å². The zero-order valence-electron chi connectivity index (χ0n) is 14.1. The van der Waals surface area contributed by atoms with Gasteiger partial charge in [0, 0.05) is 31.4 Å². The second-order valence-corrected chi connectivity index (χ2v) is 4.78. The Bertz CT molecular complexity index is 650. The van der Waals surface area contributed by atoms with Gasteiger partial charge < -0.3 is 20.1 Å². The molecular formula is C17H23IN4O2. The molecule has 0 saturated carbocycles. The van der Waals surface area contributed by atoms with Crippen molar-refractivity contribution in [3.63, 3.8) is 0 Å². The third kappa shape index (κ3) is 5.88. The van der Waals surface area contributed by atoms with Crippen molar-refractivity contribution in [2.75, 3.05) is 21.3 Å². The molecule has 130 valence electrons. The van der Waals surface area contributed by atoms with Gasteiger partial charge in [-0.2, -0.15) is 0 Å². The van der Waals surface area contributed by atoms with Gasteiger partial charge in [0.15, 0.2) is 5.96 Å². The molecule has 1 aromatic heterocycles. The SMILES string of the molecule is CN=C(NCc1ccccn1)NCc1ccc(OC)cc1OC.I. The Kier molecular flexibility index (Phi) is 8.92. The maximum atomic E-state index is 5.39. The van der Waals surface area contributed by atoms with E-state index in [1.807, 2.05) is 36.4 Å². The maximum Gasteiger partial charge on any atom is 0.191 e. The number of ether oxygens (including phenoxy) is 2. The molecule has 1 aromatic carbocycles. The van der Waals surface area contributed by atoms with Crippen LogP contribution in [0.4, 0.5) is 0 Å². The highest BCUT2D eigenvalue weighted by atomic mass is 127. The van der Waals surface area contributed by atoms with E-state index in [4.69, 9.17) is 9.47 Å². The van der Waals surface area contributed by atoms with Gasteiger partial charge in [0.1, 0.15) is 11.5 Å². The Balaban J connectivity index is 0.00000288. The van der Waals surface area contributed by atoms with Crippen LogP contribution in [-0.4, -0.2) is 32.2 Å². The van der Waals surface area contributed by atoms with E-state index in [0.717, 1.165) is 22.8 Å². The summed E-state index contributed by atoms with van der Waals surface area (Å²) in [5, 5.41) is 6.49. The number of guanidine groups is 1. The predicted octanol–water partition coefficient (Wildman–Crippen LogP) is 2.58. The number of methoxy groups -OCH3 is 2. The monoisotopic (exact) mass is 442 g/mol. The van der Waals surface area contributed by atoms with Crippen LogP contribution in [0.3, 0.4) is 0 Å². The van der Waals surface area contributed by atoms with Crippen LogP contribution in [0, 0.1) is 0 Å². The Labute approximate surface area is 159 Å². The van der Waals surface area contributed by atoms with Gasteiger partial charge in [-0.05, 0) is 24.3 Å². The Hall–Kier alpha value is -2.03. The normalized spacial score (nSPS) is 10.5. The van der Waals surface area contributed by atoms with Crippen molar-refractivity contribution in [1.29, 1.82) is 0 Å². The van der Waals surface area contributed by atoms with Crippen LogP contribution in [-0.2, 0) is 13.1 Å². The van der Waals surface area contributed by atoms with E-state index >= 15 is 0 Å². The molecule has 0 unspecified atom stereocenters. The first-order valence-corrected chi connectivity index (χ1v) is 7.32. The minimum atomic E-state index is 0. The van der Waals surface area contributed by atoms with Crippen LogP contribution in [0.1, 0.15) is 11.3 Å². The van der Waals surface area contributed by atoms with Crippen LogP contribution >= 0.6 is 24.0 Å². The molecule has 6 nitrogen and oxygen atoms in total. The van der Waals surface area contributed by atoms with Crippen LogP contribution in [0.2, 0.25) is 0 Å². The third-order valence-corrected chi connectivity index (χ3v) is 3.33. The molecule has 24 heavy (non-hydrogen) atoms. The lowest BCUT2D eigenvalue weighted by Gasteiger charge is -2.14. The molecule has 1 heterocycles. The first-order chi connectivity index (χ1) is 11.3. The number of aliphatic imine (C=N–C) groups is 1. The second kappa shape index (κ2) is 10.7. The number of aromatic nitrogens is 1. The molecule has 0 amide bonds. The third-order valence-electron chi connectivity index (χ3n) is 3.33. The molecule has 0 saturated heterocycles. The number of rotatable bonds is 6. The minimum absolute atomic E-state index is 0. The van der Waals surface area contributed by atoms with Gasteiger partial charge in [0.2, 0.25) is 0 Å². The fourth-order valence-electron chi connectivity index (χ4n) is 2.07. The van der Waals surface area contributed by atoms with E-state index < -0.39 is 0 Å². The molecule has 7 heteroatoms. The van der Waals surface area contributed by atoms with E-state index in [1.165, 1.54) is 0 Å². The molecule has 2 aromatic rings. The van der Waals surface area contributed by atoms with E-state index in [-0.39, 0.29) is 24.0 Å². The summed E-state index contributed by atoms with van der Waals surface area (Å²) in [7, 11) is 5.02. The molecule has 2 rings (SSSR count). The predicted molar refractivity (Wildman–Crippen MR) is 106 cm³/mol. The smallest absolute Gasteiger partial charge is 0.191 e. The number of benzene rings is 1. The van der Waals surface area contributed by atoms with Crippen LogP contribution in [0.5, 0.6) is 11.5 Å². The van der Waals surface area contributed by atoms with Crippen LogP contribution in [0.25, 0.3) is 0 Å². The van der Waals surface area contributed by atoms with Gasteiger partial charge in [-0.1, -0.05) is 6.07 Å². The average Bonchev–Trinajstić information content (AvgIpc) is 2.62. The van der Waals surface area contributed by atoms with Crippen molar-refractivity contribution in [2.24, 2.45) is 4.99 Å². The van der Waals surface area contributed by atoms with Crippen molar-refractivity contribution in [1.82, 2.24) is 15.6 Å². The summed E-state index contributed by atoms with van der Waals surface area (Å²) in [5.41, 5.74) is 1.98. The molecule has 0 spiro atoms. The lowest BCUT2D eigenvalue weighted by molar-refractivity contribution is 0.390. The standard InChI is InChI=1S/C17H22N4O2.HI/c1-18-17(21-12-14-6-4-5-9-19-14)20-11-13-7-8-15(22-2)10-16(13)23-3;/h4-10H,11-12H2,1-3H3,(H2,18,20,21);1H. The summed E-state index contributed by atoms with van der Waals surface area (Å²) >= 11 is 0. The summed E-state index contributed by atoms with van der Waals surface area (Å²) in [4.78, 5) is 8.48. The quantitative estimate of drug-likeness (QED) is 0.409. The summed E-state index contributed by atoms with van der Waals surface area (Å²) < 4.78 is 10.6. The maximum absolute atomic E-state index is 5.39. The highest BCUT2D eigenvalue weighted by molar-refractivity contribution is 14.0. The Morgan fingerprint density at radius 1 is 1.08 bits per heavy atom. The first kappa shape index (κ1) is 20.0. The Morgan fingerprint density at radius 2 is 1.88 bits per heavy atom. The number of nitrogens with zero attached hydrogens (tertiary/aromatic N) is 2. The fourth-order valence-corrected chi connectivity index (χ4v) is 2.07. The summed E-state index contributed by atoms with van der Waals surface area (Å²) in [6.07, 6.45) is 1.77. The topological polar surface area (TPSA) is 67.8 Å². The minimum Gasteiger partial charge on any atom is -0.497 e. The van der Waals surface area contributed by atoms with Gasteiger partial charge in [-0.15, -0.1) is 24.0 Å². The molecule has 0 atom stereocenters. The molecule has 0 radical (unpaired) electrons. The molecule has 0 aliphatic carbocycles. The average molecular weight is 442 g/mol. The van der Waals surface area contributed by atoms with Crippen molar-refractivity contribution < 1.29 is 9.47 Å².